The Balaban J connectivity index is 2.08. The average molecular weight is 263 g/mol. The summed E-state index contributed by atoms with van der Waals surface area (Å²) in [5.41, 5.74) is 1.24. The number of hydrogen-bond acceptors (Lipinski definition) is 4. The molecule has 1 aliphatic rings. The monoisotopic (exact) mass is 263 g/mol. The lowest BCUT2D eigenvalue weighted by molar-refractivity contribution is 0.0340. The first-order valence-corrected chi connectivity index (χ1v) is 7.19. The summed E-state index contributed by atoms with van der Waals surface area (Å²) in [6, 6.07) is 5.04. The molecule has 1 aliphatic heterocycles. The van der Waals surface area contributed by atoms with E-state index in [1.807, 2.05) is 6.20 Å². The van der Waals surface area contributed by atoms with Crippen molar-refractivity contribution < 1.29 is 4.74 Å². The average Bonchev–Trinajstić information content (AvgIpc) is 2.42. The van der Waals surface area contributed by atoms with E-state index >= 15 is 0 Å². The topological polar surface area (TPSA) is 37.4 Å². The van der Waals surface area contributed by atoms with Gasteiger partial charge in [-0.05, 0) is 38.9 Å². The zero-order chi connectivity index (χ0) is 13.8. The molecule has 0 aromatic carbocycles. The van der Waals surface area contributed by atoms with Crippen molar-refractivity contribution in [3.63, 3.8) is 0 Å². The van der Waals surface area contributed by atoms with Crippen molar-refractivity contribution in [1.82, 2.24) is 10.3 Å². The predicted molar refractivity (Wildman–Crippen MR) is 78.6 cm³/mol. The first-order chi connectivity index (χ1) is 9.11. The van der Waals surface area contributed by atoms with Gasteiger partial charge in [0.15, 0.2) is 0 Å². The molecule has 0 saturated carbocycles. The summed E-state index contributed by atoms with van der Waals surface area (Å²) < 4.78 is 5.66. The maximum atomic E-state index is 5.66. The maximum absolute atomic E-state index is 5.66. The van der Waals surface area contributed by atoms with Gasteiger partial charge in [-0.3, -0.25) is 0 Å². The first-order valence-electron chi connectivity index (χ1n) is 7.19. The second-order valence-electron chi connectivity index (χ2n) is 5.37. The Bertz CT molecular complexity index is 393. The van der Waals surface area contributed by atoms with Gasteiger partial charge in [0.05, 0.1) is 18.8 Å². The molecule has 4 nitrogen and oxygen atoms in total. The normalized spacial score (nSPS) is 25.4. The molecule has 2 heterocycles. The zero-order valence-electron chi connectivity index (χ0n) is 12.4. The van der Waals surface area contributed by atoms with Gasteiger partial charge in [-0.15, -0.1) is 0 Å². The fraction of sp³-hybridized carbons (Fsp3) is 0.667. The number of ether oxygens (including phenoxy) is 1. The third-order valence-corrected chi connectivity index (χ3v) is 3.68. The van der Waals surface area contributed by atoms with Crippen LogP contribution >= 0.6 is 0 Å². The van der Waals surface area contributed by atoms with Crippen LogP contribution in [0.25, 0.3) is 0 Å². The Morgan fingerprint density at radius 2 is 2.26 bits per heavy atom. The minimum absolute atomic E-state index is 0.276. The van der Waals surface area contributed by atoms with Crippen molar-refractivity contribution in [1.29, 1.82) is 0 Å². The third kappa shape index (κ3) is 3.45. The second kappa shape index (κ2) is 6.35. The van der Waals surface area contributed by atoms with E-state index in [9.17, 15) is 0 Å². The highest BCUT2D eigenvalue weighted by Gasteiger charge is 2.24. The highest BCUT2D eigenvalue weighted by Crippen LogP contribution is 2.21. The fourth-order valence-corrected chi connectivity index (χ4v) is 2.47. The Labute approximate surface area is 116 Å². The van der Waals surface area contributed by atoms with E-state index in [2.05, 4.69) is 55.0 Å². The Morgan fingerprint density at radius 3 is 2.89 bits per heavy atom. The molecule has 0 radical (unpaired) electrons. The molecule has 19 heavy (non-hydrogen) atoms. The minimum Gasteiger partial charge on any atom is -0.375 e. The van der Waals surface area contributed by atoms with Gasteiger partial charge in [-0.1, -0.05) is 13.0 Å². The van der Waals surface area contributed by atoms with E-state index < -0.39 is 0 Å². The molecule has 0 amide bonds. The van der Waals surface area contributed by atoms with Crippen LogP contribution in [0.4, 0.5) is 5.82 Å². The number of morpholine rings is 1. The molecule has 1 aromatic heterocycles. The van der Waals surface area contributed by atoms with Crippen LogP contribution in [0.2, 0.25) is 0 Å². The molecule has 1 N–H and O–H groups in total. The highest BCUT2D eigenvalue weighted by atomic mass is 16.5. The number of nitrogens with one attached hydrogen (secondary N) is 1. The summed E-state index contributed by atoms with van der Waals surface area (Å²) in [5, 5.41) is 3.40. The van der Waals surface area contributed by atoms with Crippen LogP contribution < -0.4 is 10.2 Å². The van der Waals surface area contributed by atoms with Gasteiger partial charge >= 0.3 is 0 Å². The molecule has 1 aromatic rings. The highest BCUT2D eigenvalue weighted by molar-refractivity contribution is 5.41. The lowest BCUT2D eigenvalue weighted by atomic mass is 10.1. The molecule has 2 rings (SSSR count). The van der Waals surface area contributed by atoms with Crippen molar-refractivity contribution in [3.05, 3.63) is 23.9 Å². The Hall–Kier alpha value is -1.13. The Morgan fingerprint density at radius 1 is 1.47 bits per heavy atom. The zero-order valence-corrected chi connectivity index (χ0v) is 12.4. The molecule has 0 aliphatic carbocycles. The summed E-state index contributed by atoms with van der Waals surface area (Å²) >= 11 is 0. The fourth-order valence-electron chi connectivity index (χ4n) is 2.47. The van der Waals surface area contributed by atoms with E-state index in [1.54, 1.807) is 0 Å². The molecule has 3 unspecified atom stereocenters. The van der Waals surface area contributed by atoms with Crippen LogP contribution in [0, 0.1) is 0 Å². The number of aromatic nitrogens is 1. The van der Waals surface area contributed by atoms with Crippen LogP contribution in [0.5, 0.6) is 0 Å². The van der Waals surface area contributed by atoms with Gasteiger partial charge in [0, 0.05) is 18.8 Å². The van der Waals surface area contributed by atoms with Gasteiger partial charge in [0.1, 0.15) is 5.82 Å². The van der Waals surface area contributed by atoms with E-state index in [0.29, 0.717) is 12.1 Å². The van der Waals surface area contributed by atoms with Gasteiger partial charge < -0.3 is 15.0 Å². The molecule has 0 bridgehead atoms. The van der Waals surface area contributed by atoms with Gasteiger partial charge in [0.25, 0.3) is 0 Å². The van der Waals surface area contributed by atoms with E-state index in [1.165, 1.54) is 5.56 Å². The van der Waals surface area contributed by atoms with Crippen molar-refractivity contribution in [2.75, 3.05) is 24.6 Å². The molecule has 0 spiro atoms. The van der Waals surface area contributed by atoms with Crippen molar-refractivity contribution in [2.45, 2.75) is 45.9 Å². The van der Waals surface area contributed by atoms with Crippen molar-refractivity contribution in [3.8, 4) is 0 Å². The third-order valence-electron chi connectivity index (χ3n) is 3.68. The number of hydrogen-bond donors (Lipinski definition) is 1. The molecule has 4 heteroatoms. The molecular formula is C15H25N3O. The second-order valence-corrected chi connectivity index (χ2v) is 5.37. The quantitative estimate of drug-likeness (QED) is 0.905. The van der Waals surface area contributed by atoms with Crippen LogP contribution in [0.1, 0.15) is 39.3 Å². The summed E-state index contributed by atoms with van der Waals surface area (Å²) in [5.74, 6) is 1.05. The van der Waals surface area contributed by atoms with E-state index in [4.69, 9.17) is 4.74 Å². The molecule has 106 valence electrons. The number of nitrogens with zero attached hydrogens (tertiary/aromatic N) is 2. The van der Waals surface area contributed by atoms with Crippen LogP contribution in [-0.2, 0) is 4.74 Å². The van der Waals surface area contributed by atoms with Crippen LogP contribution in [0.15, 0.2) is 18.3 Å². The van der Waals surface area contributed by atoms with Crippen LogP contribution in [0.3, 0.4) is 0 Å². The van der Waals surface area contributed by atoms with Crippen molar-refractivity contribution >= 4 is 5.82 Å². The summed E-state index contributed by atoms with van der Waals surface area (Å²) in [7, 11) is 0. The maximum Gasteiger partial charge on any atom is 0.128 e. The van der Waals surface area contributed by atoms with Crippen molar-refractivity contribution in [2.24, 2.45) is 0 Å². The number of anilines is 1. The van der Waals surface area contributed by atoms with E-state index in [0.717, 1.165) is 25.5 Å². The Kier molecular flexibility index (Phi) is 4.77. The van der Waals surface area contributed by atoms with E-state index in [-0.39, 0.29) is 6.10 Å². The largest absolute Gasteiger partial charge is 0.375 e. The molecular weight excluding hydrogens is 238 g/mol. The number of pyridine rings is 1. The standard InChI is InChI=1S/C15H25N3O/c1-5-16-13(4)14-6-7-15(17-8-14)18-9-12(3)19-10-11(18)2/h6-8,11-13,16H,5,9-10H2,1-4H3. The lowest BCUT2D eigenvalue weighted by Gasteiger charge is -2.37. The predicted octanol–water partition coefficient (Wildman–Crippen LogP) is 2.37. The van der Waals surface area contributed by atoms with Crippen LogP contribution in [-0.4, -0.2) is 36.8 Å². The van der Waals surface area contributed by atoms with Gasteiger partial charge in [-0.25, -0.2) is 4.98 Å². The molecule has 1 fully saturated rings. The summed E-state index contributed by atoms with van der Waals surface area (Å²) in [4.78, 5) is 6.95. The SMILES string of the molecule is CCNC(C)c1ccc(N2CC(C)OCC2C)nc1. The molecule has 3 atom stereocenters. The smallest absolute Gasteiger partial charge is 0.128 e. The summed E-state index contributed by atoms with van der Waals surface area (Å²) in [6.45, 7) is 11.2. The first kappa shape index (κ1) is 14.3. The minimum atomic E-state index is 0.276. The number of rotatable bonds is 4. The van der Waals surface area contributed by atoms with Gasteiger partial charge in [0.2, 0.25) is 0 Å². The summed E-state index contributed by atoms with van der Waals surface area (Å²) in [6.07, 6.45) is 2.26. The molecule has 1 saturated heterocycles. The lowest BCUT2D eigenvalue weighted by Crippen LogP contribution is -2.47. The van der Waals surface area contributed by atoms with Gasteiger partial charge in [-0.2, -0.15) is 0 Å².